The lowest BCUT2D eigenvalue weighted by Crippen LogP contribution is -2.43. The van der Waals surface area contributed by atoms with Crippen molar-refractivity contribution < 1.29 is 4.39 Å². The highest BCUT2D eigenvalue weighted by Gasteiger charge is 2.28. The zero-order valence-electron chi connectivity index (χ0n) is 12.4. The molecule has 1 aromatic rings. The van der Waals surface area contributed by atoms with E-state index in [2.05, 4.69) is 55.6 Å². The van der Waals surface area contributed by atoms with Crippen LogP contribution in [-0.4, -0.2) is 24.5 Å². The minimum absolute atomic E-state index is 0.0890. The van der Waals surface area contributed by atoms with Crippen molar-refractivity contribution in [1.82, 2.24) is 4.90 Å². The number of likely N-dealkylation sites (N-methyl/N-ethyl adjacent to an activating group) is 1. The summed E-state index contributed by atoms with van der Waals surface area (Å²) in [7, 11) is 2.07. The highest BCUT2D eigenvalue weighted by atomic mass is 79.9. The van der Waals surface area contributed by atoms with E-state index in [0.29, 0.717) is 17.1 Å². The number of nitrogens with two attached hydrogens (primary N) is 1. The van der Waals surface area contributed by atoms with Gasteiger partial charge in [-0.1, -0.05) is 26.8 Å². The maximum absolute atomic E-state index is 13.3. The summed E-state index contributed by atoms with van der Waals surface area (Å²) in [6, 6.07) is 5.57. The molecule has 0 heterocycles. The van der Waals surface area contributed by atoms with Crippen molar-refractivity contribution in [1.29, 1.82) is 0 Å². The molecule has 0 spiro atoms. The minimum atomic E-state index is -0.244. The molecule has 0 amide bonds. The van der Waals surface area contributed by atoms with E-state index >= 15 is 0 Å². The fourth-order valence-electron chi connectivity index (χ4n) is 2.14. The zero-order valence-corrected chi connectivity index (χ0v) is 14.0. The second-order valence-corrected chi connectivity index (χ2v) is 6.99. The Morgan fingerprint density at radius 1 is 1.37 bits per heavy atom. The smallest absolute Gasteiger partial charge is 0.137 e. The normalized spacial score (nSPS) is 15.6. The molecule has 4 heteroatoms. The van der Waals surface area contributed by atoms with E-state index in [1.165, 1.54) is 6.07 Å². The lowest BCUT2D eigenvalue weighted by molar-refractivity contribution is 0.100. The molecule has 0 fully saturated rings. The van der Waals surface area contributed by atoms with Crippen molar-refractivity contribution in [3.8, 4) is 0 Å². The molecule has 1 rings (SSSR count). The molecule has 2 atom stereocenters. The average molecular weight is 331 g/mol. The van der Waals surface area contributed by atoms with Gasteiger partial charge in [-0.05, 0) is 53.0 Å². The SMILES string of the molecule is CC(N(C)C(CN)c1ccc(F)c(Br)c1)C(C)(C)C. The van der Waals surface area contributed by atoms with Crippen LogP contribution in [0.4, 0.5) is 4.39 Å². The van der Waals surface area contributed by atoms with Crippen LogP contribution >= 0.6 is 15.9 Å². The summed E-state index contributed by atoms with van der Waals surface area (Å²) >= 11 is 3.23. The van der Waals surface area contributed by atoms with Gasteiger partial charge in [0.05, 0.1) is 4.47 Å². The van der Waals surface area contributed by atoms with Crippen LogP contribution in [0.15, 0.2) is 22.7 Å². The van der Waals surface area contributed by atoms with E-state index in [1.54, 1.807) is 0 Å². The number of rotatable bonds is 4. The number of hydrogen-bond acceptors (Lipinski definition) is 2. The summed E-state index contributed by atoms with van der Waals surface area (Å²) in [6.45, 7) is 9.34. The van der Waals surface area contributed by atoms with Gasteiger partial charge in [-0.25, -0.2) is 4.39 Å². The van der Waals surface area contributed by atoms with E-state index in [0.717, 1.165) is 5.56 Å². The number of halogens is 2. The predicted octanol–water partition coefficient (Wildman–Crippen LogP) is 3.95. The molecule has 108 valence electrons. The molecule has 0 aliphatic carbocycles. The van der Waals surface area contributed by atoms with E-state index in [4.69, 9.17) is 5.73 Å². The first kappa shape index (κ1) is 16.6. The van der Waals surface area contributed by atoms with Gasteiger partial charge in [-0.3, -0.25) is 4.90 Å². The first-order chi connectivity index (χ1) is 8.68. The third-order valence-electron chi connectivity index (χ3n) is 3.91. The quantitative estimate of drug-likeness (QED) is 0.905. The van der Waals surface area contributed by atoms with Crippen LogP contribution in [0.5, 0.6) is 0 Å². The van der Waals surface area contributed by atoms with Gasteiger partial charge in [0.1, 0.15) is 5.82 Å². The van der Waals surface area contributed by atoms with Crippen LogP contribution in [0.3, 0.4) is 0 Å². The summed E-state index contributed by atoms with van der Waals surface area (Å²) < 4.78 is 13.8. The van der Waals surface area contributed by atoms with Crippen LogP contribution in [-0.2, 0) is 0 Å². The molecule has 0 aliphatic rings. The second-order valence-electron chi connectivity index (χ2n) is 6.13. The standard InChI is InChI=1S/C15H24BrFN2/c1-10(15(2,3)4)19(5)14(9-18)11-6-7-13(17)12(16)8-11/h6-8,10,14H,9,18H2,1-5H3. The zero-order chi connectivity index (χ0) is 14.8. The predicted molar refractivity (Wildman–Crippen MR) is 82.6 cm³/mol. The van der Waals surface area contributed by atoms with Crippen LogP contribution in [0.25, 0.3) is 0 Å². The van der Waals surface area contributed by atoms with E-state index in [-0.39, 0.29) is 17.3 Å². The molecule has 19 heavy (non-hydrogen) atoms. The first-order valence-electron chi connectivity index (χ1n) is 6.55. The highest BCUT2D eigenvalue weighted by Crippen LogP contribution is 2.31. The maximum atomic E-state index is 13.3. The molecular weight excluding hydrogens is 307 g/mol. The second kappa shape index (κ2) is 6.33. The molecule has 2 unspecified atom stereocenters. The van der Waals surface area contributed by atoms with Crippen molar-refractivity contribution in [3.63, 3.8) is 0 Å². The van der Waals surface area contributed by atoms with Crippen molar-refractivity contribution in [3.05, 3.63) is 34.1 Å². The van der Waals surface area contributed by atoms with Crippen molar-refractivity contribution >= 4 is 15.9 Å². The van der Waals surface area contributed by atoms with Crippen LogP contribution in [0.2, 0.25) is 0 Å². The summed E-state index contributed by atoms with van der Waals surface area (Å²) in [5.74, 6) is -0.244. The molecular formula is C15H24BrFN2. The summed E-state index contributed by atoms with van der Waals surface area (Å²) in [6.07, 6.45) is 0. The van der Waals surface area contributed by atoms with Crippen molar-refractivity contribution in [2.24, 2.45) is 11.1 Å². The van der Waals surface area contributed by atoms with Crippen molar-refractivity contribution in [2.45, 2.75) is 39.8 Å². The Bertz CT molecular complexity index is 429. The van der Waals surface area contributed by atoms with Gasteiger partial charge in [0.15, 0.2) is 0 Å². The highest BCUT2D eigenvalue weighted by molar-refractivity contribution is 9.10. The average Bonchev–Trinajstić information content (AvgIpc) is 2.32. The lowest BCUT2D eigenvalue weighted by Gasteiger charge is -2.40. The number of nitrogens with zero attached hydrogens (tertiary/aromatic N) is 1. The first-order valence-corrected chi connectivity index (χ1v) is 7.34. The van der Waals surface area contributed by atoms with E-state index in [9.17, 15) is 4.39 Å². The Labute approximate surface area is 124 Å². The third kappa shape index (κ3) is 4.01. The Balaban J connectivity index is 3.03. The fourth-order valence-corrected chi connectivity index (χ4v) is 2.53. The number of hydrogen-bond donors (Lipinski definition) is 1. The maximum Gasteiger partial charge on any atom is 0.137 e. The van der Waals surface area contributed by atoms with Gasteiger partial charge in [0, 0.05) is 18.6 Å². The van der Waals surface area contributed by atoms with E-state index < -0.39 is 0 Å². The van der Waals surface area contributed by atoms with Gasteiger partial charge in [-0.2, -0.15) is 0 Å². The molecule has 0 bridgehead atoms. The summed E-state index contributed by atoms with van der Waals surface area (Å²) in [5, 5.41) is 0. The Hall–Kier alpha value is -0.450. The van der Waals surface area contributed by atoms with Gasteiger partial charge in [0.2, 0.25) is 0 Å². The monoisotopic (exact) mass is 330 g/mol. The van der Waals surface area contributed by atoms with Crippen LogP contribution in [0.1, 0.15) is 39.3 Å². The largest absolute Gasteiger partial charge is 0.329 e. The van der Waals surface area contributed by atoms with E-state index in [1.807, 2.05) is 12.1 Å². The summed E-state index contributed by atoms with van der Waals surface area (Å²) in [4.78, 5) is 2.26. The van der Waals surface area contributed by atoms with Gasteiger partial charge >= 0.3 is 0 Å². The number of benzene rings is 1. The van der Waals surface area contributed by atoms with Crippen LogP contribution in [0, 0.1) is 11.2 Å². The van der Waals surface area contributed by atoms with Gasteiger partial charge < -0.3 is 5.73 Å². The fraction of sp³-hybridized carbons (Fsp3) is 0.600. The third-order valence-corrected chi connectivity index (χ3v) is 4.52. The molecule has 2 N–H and O–H groups in total. The molecule has 0 saturated heterocycles. The molecule has 1 aromatic carbocycles. The Kier molecular flexibility index (Phi) is 5.53. The summed E-state index contributed by atoms with van der Waals surface area (Å²) in [5.41, 5.74) is 7.13. The Morgan fingerprint density at radius 2 is 1.95 bits per heavy atom. The van der Waals surface area contributed by atoms with Crippen LogP contribution < -0.4 is 5.73 Å². The Morgan fingerprint density at radius 3 is 2.37 bits per heavy atom. The molecule has 0 saturated carbocycles. The minimum Gasteiger partial charge on any atom is -0.329 e. The molecule has 0 aliphatic heterocycles. The molecule has 0 aromatic heterocycles. The van der Waals surface area contributed by atoms with Gasteiger partial charge in [-0.15, -0.1) is 0 Å². The molecule has 0 radical (unpaired) electrons. The molecule has 2 nitrogen and oxygen atoms in total. The van der Waals surface area contributed by atoms with Gasteiger partial charge in [0.25, 0.3) is 0 Å². The lowest BCUT2D eigenvalue weighted by atomic mass is 9.86. The topological polar surface area (TPSA) is 29.3 Å². The van der Waals surface area contributed by atoms with Crippen molar-refractivity contribution in [2.75, 3.05) is 13.6 Å².